The van der Waals surface area contributed by atoms with Gasteiger partial charge >= 0.3 is 6.18 Å². The molecular formula is C13H18F3NO2. The van der Waals surface area contributed by atoms with E-state index in [-0.39, 0.29) is 12.5 Å². The average Bonchev–Trinajstić information content (AvgIpc) is 2.27. The fourth-order valence-electron chi connectivity index (χ4n) is 1.72. The largest absolute Gasteiger partial charge is 0.471 e. The van der Waals surface area contributed by atoms with Gasteiger partial charge in [0.15, 0.2) is 0 Å². The van der Waals surface area contributed by atoms with Crippen molar-refractivity contribution in [2.75, 3.05) is 13.7 Å². The van der Waals surface area contributed by atoms with Crippen LogP contribution in [-0.2, 0) is 10.9 Å². The molecule has 0 spiro atoms. The van der Waals surface area contributed by atoms with Crippen LogP contribution >= 0.6 is 0 Å². The first kappa shape index (κ1) is 15.8. The monoisotopic (exact) mass is 277 g/mol. The predicted octanol–water partition coefficient (Wildman–Crippen LogP) is 3.54. The molecule has 3 nitrogen and oxygen atoms in total. The molecule has 1 aromatic rings. The highest BCUT2D eigenvalue weighted by Crippen LogP contribution is 2.35. The van der Waals surface area contributed by atoms with Crippen LogP contribution in [-0.4, -0.2) is 24.8 Å². The lowest BCUT2D eigenvalue weighted by Crippen LogP contribution is -2.26. The van der Waals surface area contributed by atoms with Crippen LogP contribution in [0.5, 0.6) is 5.88 Å². The average molecular weight is 277 g/mol. The van der Waals surface area contributed by atoms with Crippen LogP contribution < -0.4 is 4.74 Å². The Balaban J connectivity index is 2.90. The molecule has 0 aliphatic carbocycles. The van der Waals surface area contributed by atoms with Crippen molar-refractivity contribution in [3.05, 3.63) is 23.9 Å². The second-order valence-electron chi connectivity index (χ2n) is 4.68. The Bertz CT molecular complexity index is 394. The molecule has 1 rings (SSSR count). The second kappa shape index (κ2) is 6.75. The van der Waals surface area contributed by atoms with E-state index in [9.17, 15) is 13.2 Å². The first-order valence-corrected chi connectivity index (χ1v) is 6.02. The molecule has 0 bridgehead atoms. The second-order valence-corrected chi connectivity index (χ2v) is 4.68. The van der Waals surface area contributed by atoms with Gasteiger partial charge in [-0.25, -0.2) is 4.98 Å². The van der Waals surface area contributed by atoms with Gasteiger partial charge in [0.1, 0.15) is 11.7 Å². The lowest BCUT2D eigenvalue weighted by molar-refractivity contribution is -0.140. The molecule has 6 heteroatoms. The molecule has 19 heavy (non-hydrogen) atoms. The van der Waals surface area contributed by atoms with Gasteiger partial charge in [-0.1, -0.05) is 13.8 Å². The Kier molecular flexibility index (Phi) is 5.60. The summed E-state index contributed by atoms with van der Waals surface area (Å²) in [5.41, 5.74) is -0.861. The molecule has 0 aromatic carbocycles. The molecule has 0 N–H and O–H groups in total. The van der Waals surface area contributed by atoms with E-state index in [0.29, 0.717) is 6.42 Å². The maximum atomic E-state index is 12.8. The van der Waals surface area contributed by atoms with Gasteiger partial charge in [0.05, 0.1) is 6.61 Å². The molecule has 108 valence electrons. The molecule has 0 saturated heterocycles. The Labute approximate surface area is 110 Å². The zero-order valence-corrected chi connectivity index (χ0v) is 11.2. The van der Waals surface area contributed by atoms with Gasteiger partial charge in [-0.15, -0.1) is 0 Å². The normalized spacial score (nSPS) is 13.6. The molecule has 1 aromatic heterocycles. The number of hydrogen-bond donors (Lipinski definition) is 0. The number of aromatic nitrogens is 1. The highest BCUT2D eigenvalue weighted by molar-refractivity contribution is 5.28. The third-order valence-electron chi connectivity index (χ3n) is 2.44. The summed E-state index contributed by atoms with van der Waals surface area (Å²) in [5.74, 6) is -0.101. The van der Waals surface area contributed by atoms with E-state index in [4.69, 9.17) is 9.47 Å². The Morgan fingerprint density at radius 3 is 2.53 bits per heavy atom. The van der Waals surface area contributed by atoms with Gasteiger partial charge in [-0.2, -0.15) is 13.2 Å². The topological polar surface area (TPSA) is 31.4 Å². The van der Waals surface area contributed by atoms with Crippen molar-refractivity contribution in [2.24, 2.45) is 5.92 Å². The number of ether oxygens (including phenoxy) is 2. The Morgan fingerprint density at radius 1 is 1.32 bits per heavy atom. The lowest BCUT2D eigenvalue weighted by Gasteiger charge is -2.21. The molecule has 0 saturated carbocycles. The van der Waals surface area contributed by atoms with Crippen LogP contribution in [0, 0.1) is 5.92 Å². The highest BCUT2D eigenvalue weighted by atomic mass is 19.4. The van der Waals surface area contributed by atoms with Gasteiger partial charge in [-0.3, -0.25) is 0 Å². The molecule has 0 unspecified atom stereocenters. The highest BCUT2D eigenvalue weighted by Gasteiger charge is 2.35. The van der Waals surface area contributed by atoms with Crippen molar-refractivity contribution in [1.29, 1.82) is 0 Å². The van der Waals surface area contributed by atoms with Crippen molar-refractivity contribution in [3.8, 4) is 5.88 Å². The maximum Gasteiger partial charge on any atom is 0.421 e. The van der Waals surface area contributed by atoms with E-state index in [1.165, 1.54) is 19.4 Å². The third-order valence-corrected chi connectivity index (χ3v) is 2.44. The van der Waals surface area contributed by atoms with Crippen LogP contribution in [0.1, 0.15) is 25.8 Å². The molecule has 1 heterocycles. The molecule has 1 atom stereocenters. The van der Waals surface area contributed by atoms with Crippen molar-refractivity contribution in [2.45, 2.75) is 32.5 Å². The van der Waals surface area contributed by atoms with Crippen LogP contribution in [0.25, 0.3) is 0 Å². The minimum atomic E-state index is -4.47. The van der Waals surface area contributed by atoms with Crippen molar-refractivity contribution in [3.63, 3.8) is 0 Å². The van der Waals surface area contributed by atoms with Gasteiger partial charge in [0, 0.05) is 13.3 Å². The van der Waals surface area contributed by atoms with E-state index in [1.807, 2.05) is 13.8 Å². The SMILES string of the molecule is COC[C@H](CC(C)C)Oc1ncccc1C(F)(F)F. The summed E-state index contributed by atoms with van der Waals surface area (Å²) < 4.78 is 48.7. The van der Waals surface area contributed by atoms with E-state index in [0.717, 1.165) is 6.07 Å². The fraction of sp³-hybridized carbons (Fsp3) is 0.615. The van der Waals surface area contributed by atoms with E-state index < -0.39 is 23.7 Å². The van der Waals surface area contributed by atoms with Crippen molar-refractivity contribution < 1.29 is 22.6 Å². The molecule has 0 aliphatic heterocycles. The summed E-state index contributed by atoms with van der Waals surface area (Å²) >= 11 is 0. The predicted molar refractivity (Wildman–Crippen MR) is 65.0 cm³/mol. The maximum absolute atomic E-state index is 12.8. The van der Waals surface area contributed by atoms with Crippen LogP contribution in [0.15, 0.2) is 18.3 Å². The number of rotatable bonds is 6. The number of pyridine rings is 1. The smallest absolute Gasteiger partial charge is 0.421 e. The number of alkyl halides is 3. The quantitative estimate of drug-likeness (QED) is 0.797. The van der Waals surface area contributed by atoms with Crippen molar-refractivity contribution >= 4 is 0 Å². The minimum absolute atomic E-state index is 0.228. The summed E-state index contributed by atoms with van der Waals surface area (Å²) in [5, 5.41) is 0. The molecule has 0 radical (unpaired) electrons. The van der Waals surface area contributed by atoms with Gasteiger partial charge in [-0.05, 0) is 24.5 Å². The zero-order chi connectivity index (χ0) is 14.5. The first-order chi connectivity index (χ1) is 8.84. The van der Waals surface area contributed by atoms with Gasteiger partial charge in [0.25, 0.3) is 0 Å². The van der Waals surface area contributed by atoms with Crippen molar-refractivity contribution in [1.82, 2.24) is 4.98 Å². The number of halogens is 3. The molecule has 0 amide bonds. The fourth-order valence-corrected chi connectivity index (χ4v) is 1.72. The first-order valence-electron chi connectivity index (χ1n) is 6.02. The Hall–Kier alpha value is -1.30. The van der Waals surface area contributed by atoms with E-state index in [1.54, 1.807) is 0 Å². The summed E-state index contributed by atoms with van der Waals surface area (Å²) in [7, 11) is 1.49. The number of hydrogen-bond acceptors (Lipinski definition) is 3. The van der Waals surface area contributed by atoms with Crippen LogP contribution in [0.2, 0.25) is 0 Å². The number of methoxy groups -OCH3 is 1. The van der Waals surface area contributed by atoms with Crippen LogP contribution in [0.4, 0.5) is 13.2 Å². The zero-order valence-electron chi connectivity index (χ0n) is 11.2. The standard InChI is InChI=1S/C13H18F3NO2/c1-9(2)7-10(8-18-3)19-12-11(13(14,15)16)5-4-6-17-12/h4-6,9-10H,7-8H2,1-3H3/t10-/m0/s1. The van der Waals surface area contributed by atoms with Gasteiger partial charge in [0.2, 0.25) is 5.88 Å². The summed E-state index contributed by atoms with van der Waals surface area (Å²) in [4.78, 5) is 3.68. The molecule has 0 aliphatic rings. The van der Waals surface area contributed by atoms with Crippen LogP contribution in [0.3, 0.4) is 0 Å². The summed E-state index contributed by atoms with van der Waals surface area (Å²) in [6.07, 6.45) is -3.04. The third kappa shape index (κ3) is 5.06. The molecular weight excluding hydrogens is 259 g/mol. The van der Waals surface area contributed by atoms with E-state index in [2.05, 4.69) is 4.98 Å². The Morgan fingerprint density at radius 2 is 2.00 bits per heavy atom. The number of nitrogens with zero attached hydrogens (tertiary/aromatic N) is 1. The minimum Gasteiger partial charge on any atom is -0.471 e. The lowest BCUT2D eigenvalue weighted by atomic mass is 10.1. The van der Waals surface area contributed by atoms with E-state index >= 15 is 0 Å². The van der Waals surface area contributed by atoms with Gasteiger partial charge < -0.3 is 9.47 Å². The summed E-state index contributed by atoms with van der Waals surface area (Å²) in [6.45, 7) is 4.16. The molecule has 0 fully saturated rings. The summed E-state index contributed by atoms with van der Waals surface area (Å²) in [6, 6.07) is 2.20.